The molecule has 2 N–H and O–H groups in total. The molecule has 0 fully saturated rings. The molecule has 0 saturated heterocycles. The Hall–Kier alpha value is -1.77. The minimum atomic E-state index is -0.939. The minimum Gasteiger partial charge on any atom is -0.508 e. The van der Waals surface area contributed by atoms with Gasteiger partial charge in [-0.2, -0.15) is 0 Å². The Morgan fingerprint density at radius 3 is 2.80 bits per heavy atom. The number of carboxylic acid groups (broad SMARTS) is 1. The second kappa shape index (κ2) is 5.20. The van der Waals surface area contributed by atoms with Gasteiger partial charge in [0.25, 0.3) is 0 Å². The van der Waals surface area contributed by atoms with E-state index in [4.69, 9.17) is 5.11 Å². The molecular weight excluding hydrogens is 192 g/mol. The second-order valence-corrected chi connectivity index (χ2v) is 3.36. The van der Waals surface area contributed by atoms with Gasteiger partial charge < -0.3 is 10.2 Å². The lowest BCUT2D eigenvalue weighted by Crippen LogP contribution is -2.01. The van der Waals surface area contributed by atoms with Gasteiger partial charge in [-0.3, -0.25) is 4.79 Å². The molecule has 0 amide bonds. The Morgan fingerprint density at radius 1 is 1.47 bits per heavy atom. The van der Waals surface area contributed by atoms with Gasteiger partial charge in [-0.15, -0.1) is 6.58 Å². The number of allylic oxidation sites excluding steroid dienone is 1. The van der Waals surface area contributed by atoms with Gasteiger partial charge >= 0.3 is 5.97 Å². The van der Waals surface area contributed by atoms with Crippen LogP contribution in [-0.4, -0.2) is 16.2 Å². The number of carboxylic acids is 1. The minimum absolute atomic E-state index is 0.0414. The number of aromatic hydroxyl groups is 1. The number of rotatable bonds is 5. The molecule has 1 aromatic rings. The summed E-state index contributed by atoms with van der Waals surface area (Å²) >= 11 is 0. The summed E-state index contributed by atoms with van der Waals surface area (Å²) in [6, 6.07) is 5.06. The Labute approximate surface area is 88.7 Å². The van der Waals surface area contributed by atoms with Crippen molar-refractivity contribution in [3.63, 3.8) is 0 Å². The van der Waals surface area contributed by atoms with Crippen LogP contribution in [0, 0.1) is 0 Å². The zero-order valence-corrected chi connectivity index (χ0v) is 8.44. The number of aliphatic carboxylic acids is 1. The first-order valence-electron chi connectivity index (χ1n) is 4.77. The first-order chi connectivity index (χ1) is 7.13. The molecule has 0 aliphatic heterocycles. The zero-order chi connectivity index (χ0) is 11.3. The summed E-state index contributed by atoms with van der Waals surface area (Å²) in [6.07, 6.45) is 3.32. The van der Waals surface area contributed by atoms with Gasteiger partial charge in [0.2, 0.25) is 0 Å². The molecule has 0 spiro atoms. The Morgan fingerprint density at radius 2 is 2.20 bits per heavy atom. The number of benzene rings is 1. The van der Waals surface area contributed by atoms with Crippen molar-refractivity contribution in [3.8, 4) is 5.75 Å². The first-order valence-corrected chi connectivity index (χ1v) is 4.77. The fourth-order valence-corrected chi connectivity index (χ4v) is 1.37. The van der Waals surface area contributed by atoms with Crippen LogP contribution in [-0.2, 0) is 17.6 Å². The van der Waals surface area contributed by atoms with E-state index >= 15 is 0 Å². The molecule has 0 aliphatic carbocycles. The quantitative estimate of drug-likeness (QED) is 0.725. The number of aryl methyl sites for hydroxylation is 1. The maximum Gasteiger partial charge on any atom is 0.307 e. The molecule has 1 rings (SSSR count). The van der Waals surface area contributed by atoms with E-state index < -0.39 is 5.97 Å². The Balaban J connectivity index is 2.84. The van der Waals surface area contributed by atoms with Crippen LogP contribution in [0.2, 0.25) is 0 Å². The van der Waals surface area contributed by atoms with Gasteiger partial charge in [0.05, 0.1) is 6.42 Å². The molecule has 80 valence electrons. The lowest BCUT2D eigenvalue weighted by molar-refractivity contribution is -0.136. The van der Waals surface area contributed by atoms with E-state index in [1.165, 1.54) is 6.07 Å². The average Bonchev–Trinajstić information content (AvgIpc) is 2.18. The fourth-order valence-electron chi connectivity index (χ4n) is 1.37. The predicted octanol–water partition coefficient (Wildman–Crippen LogP) is 2.14. The maximum absolute atomic E-state index is 10.5. The Kier molecular flexibility index (Phi) is 3.92. The highest BCUT2D eigenvalue weighted by Crippen LogP contribution is 2.20. The van der Waals surface area contributed by atoms with Gasteiger partial charge in [-0.05, 0) is 24.5 Å². The van der Waals surface area contributed by atoms with Crippen LogP contribution in [0.4, 0.5) is 0 Å². The van der Waals surface area contributed by atoms with E-state index in [9.17, 15) is 9.90 Å². The van der Waals surface area contributed by atoms with Crippen molar-refractivity contribution in [1.82, 2.24) is 0 Å². The van der Waals surface area contributed by atoms with Crippen LogP contribution in [0.25, 0.3) is 0 Å². The normalized spacial score (nSPS) is 9.87. The van der Waals surface area contributed by atoms with Crippen molar-refractivity contribution < 1.29 is 15.0 Å². The zero-order valence-electron chi connectivity index (χ0n) is 8.44. The molecule has 0 saturated carbocycles. The highest BCUT2D eigenvalue weighted by molar-refractivity contribution is 5.71. The summed E-state index contributed by atoms with van der Waals surface area (Å²) in [7, 11) is 0. The molecule has 3 nitrogen and oxygen atoms in total. The second-order valence-electron chi connectivity index (χ2n) is 3.36. The summed E-state index contributed by atoms with van der Waals surface area (Å²) in [5.41, 5.74) is 1.48. The summed E-state index contributed by atoms with van der Waals surface area (Å²) in [5, 5.41) is 18.1. The van der Waals surface area contributed by atoms with Gasteiger partial charge in [0.1, 0.15) is 5.75 Å². The smallest absolute Gasteiger partial charge is 0.307 e. The van der Waals surface area contributed by atoms with E-state index in [2.05, 4.69) is 6.58 Å². The highest BCUT2D eigenvalue weighted by Gasteiger charge is 2.06. The van der Waals surface area contributed by atoms with Crippen molar-refractivity contribution in [3.05, 3.63) is 42.0 Å². The highest BCUT2D eigenvalue weighted by atomic mass is 16.4. The van der Waals surface area contributed by atoms with Crippen LogP contribution in [0.5, 0.6) is 5.75 Å². The molecule has 1 aromatic carbocycles. The van der Waals surface area contributed by atoms with Crippen molar-refractivity contribution in [2.75, 3.05) is 0 Å². The molecule has 0 aromatic heterocycles. The summed E-state index contributed by atoms with van der Waals surface area (Å²) in [4.78, 5) is 10.5. The van der Waals surface area contributed by atoms with E-state index in [1.807, 2.05) is 6.08 Å². The number of phenolic OH excluding ortho intramolecular Hbond substituents is 1. The van der Waals surface area contributed by atoms with Gasteiger partial charge in [0.15, 0.2) is 0 Å². The van der Waals surface area contributed by atoms with Crippen LogP contribution in [0.1, 0.15) is 17.5 Å². The lowest BCUT2D eigenvalue weighted by Gasteiger charge is -2.05. The topological polar surface area (TPSA) is 57.5 Å². The molecular formula is C12H14O3. The lowest BCUT2D eigenvalue weighted by atomic mass is 10.0. The predicted molar refractivity (Wildman–Crippen MR) is 58.0 cm³/mol. The third-order valence-electron chi connectivity index (χ3n) is 2.12. The molecule has 0 bridgehead atoms. The number of hydrogen-bond acceptors (Lipinski definition) is 2. The monoisotopic (exact) mass is 206 g/mol. The van der Waals surface area contributed by atoms with E-state index in [-0.39, 0.29) is 12.2 Å². The molecule has 0 heterocycles. The standard InChI is InChI=1S/C12H14O3/c1-2-3-4-9-5-6-11(13)10(7-9)8-12(14)15/h2,5-7,13H,1,3-4,8H2,(H,14,15). The number of carbonyl (C=O) groups is 1. The molecule has 15 heavy (non-hydrogen) atoms. The third kappa shape index (κ3) is 3.46. The molecule has 3 heteroatoms. The van der Waals surface area contributed by atoms with Crippen LogP contribution in [0.15, 0.2) is 30.9 Å². The van der Waals surface area contributed by atoms with Crippen molar-refractivity contribution in [1.29, 1.82) is 0 Å². The number of hydrogen-bond donors (Lipinski definition) is 2. The van der Waals surface area contributed by atoms with E-state index in [1.54, 1.807) is 12.1 Å². The summed E-state index contributed by atoms with van der Waals surface area (Å²) in [5.74, 6) is -0.897. The maximum atomic E-state index is 10.5. The summed E-state index contributed by atoms with van der Waals surface area (Å²) in [6.45, 7) is 3.62. The average molecular weight is 206 g/mol. The van der Waals surface area contributed by atoms with Crippen molar-refractivity contribution in [2.45, 2.75) is 19.3 Å². The summed E-state index contributed by atoms with van der Waals surface area (Å²) < 4.78 is 0. The van der Waals surface area contributed by atoms with Gasteiger partial charge in [0, 0.05) is 5.56 Å². The van der Waals surface area contributed by atoms with Crippen molar-refractivity contribution >= 4 is 5.97 Å². The van der Waals surface area contributed by atoms with Crippen molar-refractivity contribution in [2.24, 2.45) is 0 Å². The molecule has 0 radical (unpaired) electrons. The fraction of sp³-hybridized carbons (Fsp3) is 0.250. The van der Waals surface area contributed by atoms with Crippen LogP contribution >= 0.6 is 0 Å². The first kappa shape index (κ1) is 11.3. The van der Waals surface area contributed by atoms with Crippen LogP contribution in [0.3, 0.4) is 0 Å². The van der Waals surface area contributed by atoms with E-state index in [0.29, 0.717) is 5.56 Å². The van der Waals surface area contributed by atoms with E-state index in [0.717, 1.165) is 18.4 Å². The molecule has 0 aliphatic rings. The Bertz CT molecular complexity index is 369. The SMILES string of the molecule is C=CCCc1ccc(O)c(CC(=O)O)c1. The molecule has 0 unspecified atom stereocenters. The van der Waals surface area contributed by atoms with Gasteiger partial charge in [-0.1, -0.05) is 18.2 Å². The molecule has 0 atom stereocenters. The third-order valence-corrected chi connectivity index (χ3v) is 2.12. The van der Waals surface area contributed by atoms with Crippen LogP contribution < -0.4 is 0 Å². The van der Waals surface area contributed by atoms with Gasteiger partial charge in [-0.25, -0.2) is 0 Å². The number of phenols is 1. The largest absolute Gasteiger partial charge is 0.508 e.